The van der Waals surface area contributed by atoms with Crippen molar-refractivity contribution in [3.05, 3.63) is 18.2 Å². The number of nitrogens with zero attached hydrogens (tertiary/aromatic N) is 1. The van der Waals surface area contributed by atoms with Crippen LogP contribution in [0.4, 0.5) is 10.5 Å². The molecular weight excluding hydrogens is 422 g/mol. The van der Waals surface area contributed by atoms with Crippen molar-refractivity contribution in [3.8, 4) is 0 Å². The second-order valence-electron chi connectivity index (χ2n) is 6.89. The molecule has 3 amide bonds. The second-order valence-corrected chi connectivity index (χ2v) is 9.65. The first kappa shape index (κ1) is 22.5. The van der Waals surface area contributed by atoms with Crippen LogP contribution in [0.1, 0.15) is 20.8 Å². The number of amides is 3. The average Bonchev–Trinajstić information content (AvgIpc) is 3.00. The minimum absolute atomic E-state index is 0.222. The number of hydrogen-bond donors (Lipinski definition) is 4. The first-order valence-corrected chi connectivity index (χ1v) is 10.7. The third-order valence-corrected chi connectivity index (χ3v) is 5.47. The van der Waals surface area contributed by atoms with Crippen LogP contribution in [0.15, 0.2) is 22.5 Å². The van der Waals surface area contributed by atoms with Gasteiger partial charge in [0.25, 0.3) is 10.0 Å². The Morgan fingerprint density at radius 3 is 2.41 bits per heavy atom. The smallest absolute Gasteiger partial charge is 0.408 e. The molecule has 158 valence electrons. The van der Waals surface area contributed by atoms with Gasteiger partial charge in [0.2, 0.25) is 16.2 Å². The number of aromatic nitrogens is 1. The largest absolute Gasteiger partial charge is 0.444 e. The Kier molecular flexibility index (Phi) is 6.77. The molecule has 0 aliphatic heterocycles. The molecule has 0 aliphatic carbocycles. The number of fused-ring (bicyclic) bond motifs is 1. The molecule has 0 bridgehead atoms. The summed E-state index contributed by atoms with van der Waals surface area (Å²) < 4.78 is 28.0. The highest BCUT2D eigenvalue weighted by Crippen LogP contribution is 2.27. The lowest BCUT2D eigenvalue weighted by Gasteiger charge is -2.19. The molecule has 11 nitrogen and oxygen atoms in total. The molecule has 29 heavy (non-hydrogen) atoms. The number of carbonyl (C=O) groups excluding carboxylic acids is 3. The molecule has 0 fully saturated rings. The molecule has 2 rings (SSSR count). The number of nitrogens with two attached hydrogens (primary N) is 1. The maximum Gasteiger partial charge on any atom is 0.408 e. The molecule has 5 N–H and O–H groups in total. The fourth-order valence-electron chi connectivity index (χ4n) is 2.02. The van der Waals surface area contributed by atoms with E-state index in [4.69, 9.17) is 9.88 Å². The molecule has 0 aliphatic rings. The number of carbonyl (C=O) groups is 3. The van der Waals surface area contributed by atoms with Gasteiger partial charge >= 0.3 is 6.09 Å². The highest BCUT2D eigenvalue weighted by molar-refractivity contribution is 7.91. The maximum atomic E-state index is 12.0. The highest BCUT2D eigenvalue weighted by atomic mass is 32.2. The highest BCUT2D eigenvalue weighted by Gasteiger charge is 2.17. The molecule has 1 aromatic heterocycles. The summed E-state index contributed by atoms with van der Waals surface area (Å²) in [6.45, 7) is 4.41. The number of benzene rings is 1. The van der Waals surface area contributed by atoms with E-state index < -0.39 is 33.5 Å². The van der Waals surface area contributed by atoms with Gasteiger partial charge in [-0.05, 0) is 39.0 Å². The molecular formula is C16H21N5O6S2. The Balaban J connectivity index is 1.84. The van der Waals surface area contributed by atoms with E-state index in [9.17, 15) is 22.8 Å². The third-order valence-electron chi connectivity index (χ3n) is 3.13. The van der Waals surface area contributed by atoms with Crippen molar-refractivity contribution >= 4 is 55.2 Å². The second kappa shape index (κ2) is 8.71. The molecule has 0 spiro atoms. The molecule has 0 radical (unpaired) electrons. The van der Waals surface area contributed by atoms with Crippen molar-refractivity contribution in [1.29, 1.82) is 0 Å². The fourth-order valence-corrected chi connectivity index (χ4v) is 3.71. The molecule has 0 saturated carbocycles. The number of sulfonamides is 1. The van der Waals surface area contributed by atoms with E-state index in [1.807, 2.05) is 0 Å². The van der Waals surface area contributed by atoms with Gasteiger partial charge in [0.05, 0.1) is 16.8 Å². The van der Waals surface area contributed by atoms with Crippen molar-refractivity contribution in [3.63, 3.8) is 0 Å². The number of rotatable bonds is 6. The standard InChI is InChI=1S/C16H21N5O6S2/c1-16(2,3)27-14(24)19-7-12(22)18-8-13(23)20-9-4-5-10-11(6-9)28-15(21-10)29(17,25)26/h4-6H,7-8H2,1-3H3,(H,18,22)(H,19,24)(H,20,23)(H2,17,25,26). The Hall–Kier alpha value is -2.77. The van der Waals surface area contributed by atoms with Gasteiger partial charge < -0.3 is 20.7 Å². The van der Waals surface area contributed by atoms with Crippen LogP contribution < -0.4 is 21.1 Å². The van der Waals surface area contributed by atoms with E-state index >= 15 is 0 Å². The van der Waals surface area contributed by atoms with Crippen LogP contribution in [0, 0.1) is 0 Å². The zero-order chi connectivity index (χ0) is 21.8. The number of ether oxygens (including phenoxy) is 1. The van der Waals surface area contributed by atoms with Crippen molar-refractivity contribution < 1.29 is 27.5 Å². The zero-order valence-corrected chi connectivity index (χ0v) is 17.6. The van der Waals surface area contributed by atoms with Gasteiger partial charge in [0.1, 0.15) is 12.1 Å². The molecule has 0 saturated heterocycles. The summed E-state index contributed by atoms with van der Waals surface area (Å²) in [4.78, 5) is 39.1. The lowest BCUT2D eigenvalue weighted by atomic mass is 10.2. The number of hydrogen-bond acceptors (Lipinski definition) is 8. The predicted molar refractivity (Wildman–Crippen MR) is 107 cm³/mol. The Morgan fingerprint density at radius 2 is 1.79 bits per heavy atom. The van der Waals surface area contributed by atoms with Gasteiger partial charge in [-0.1, -0.05) is 0 Å². The fraction of sp³-hybridized carbons (Fsp3) is 0.375. The number of primary sulfonamides is 1. The number of nitrogens with one attached hydrogen (secondary N) is 3. The summed E-state index contributed by atoms with van der Waals surface area (Å²) in [5.41, 5.74) is 0.140. The van der Waals surface area contributed by atoms with Crippen LogP contribution >= 0.6 is 11.3 Å². The molecule has 2 aromatic rings. The predicted octanol–water partition coefficient (Wildman–Crippen LogP) is 0.523. The van der Waals surface area contributed by atoms with E-state index in [-0.39, 0.29) is 17.4 Å². The van der Waals surface area contributed by atoms with Gasteiger partial charge in [-0.25, -0.2) is 23.3 Å². The van der Waals surface area contributed by atoms with Gasteiger partial charge in [0.15, 0.2) is 0 Å². The summed E-state index contributed by atoms with van der Waals surface area (Å²) in [6, 6.07) is 4.63. The van der Waals surface area contributed by atoms with Crippen molar-refractivity contribution in [2.24, 2.45) is 5.14 Å². The van der Waals surface area contributed by atoms with Gasteiger partial charge in [-0.2, -0.15) is 0 Å². The van der Waals surface area contributed by atoms with Crippen LogP contribution in [0.25, 0.3) is 10.2 Å². The number of anilines is 1. The zero-order valence-electron chi connectivity index (χ0n) is 15.9. The van der Waals surface area contributed by atoms with Crippen LogP contribution in [0.2, 0.25) is 0 Å². The summed E-state index contributed by atoms with van der Waals surface area (Å²) >= 11 is 0.880. The van der Waals surface area contributed by atoms with Gasteiger partial charge in [-0.3, -0.25) is 9.59 Å². The van der Waals surface area contributed by atoms with Crippen LogP contribution in [0.3, 0.4) is 0 Å². The van der Waals surface area contributed by atoms with E-state index in [0.717, 1.165) is 11.3 Å². The molecule has 1 aromatic carbocycles. The van der Waals surface area contributed by atoms with Crippen LogP contribution in [0.5, 0.6) is 0 Å². The monoisotopic (exact) mass is 443 g/mol. The van der Waals surface area contributed by atoms with Crippen molar-refractivity contribution in [2.75, 3.05) is 18.4 Å². The lowest BCUT2D eigenvalue weighted by molar-refractivity contribution is -0.123. The lowest BCUT2D eigenvalue weighted by Crippen LogP contribution is -2.41. The summed E-state index contributed by atoms with van der Waals surface area (Å²) in [6.07, 6.45) is -0.742. The molecule has 1 heterocycles. The molecule has 0 atom stereocenters. The van der Waals surface area contributed by atoms with Gasteiger partial charge in [0, 0.05) is 5.69 Å². The van der Waals surface area contributed by atoms with E-state index in [0.29, 0.717) is 15.9 Å². The normalized spacial score (nSPS) is 11.7. The summed E-state index contributed by atoms with van der Waals surface area (Å²) in [5.74, 6) is -1.08. The molecule has 0 unspecified atom stereocenters. The topological polar surface area (TPSA) is 170 Å². The number of thiazole rings is 1. The number of alkyl carbamates (subject to hydrolysis) is 1. The van der Waals surface area contributed by atoms with E-state index in [2.05, 4.69) is 20.9 Å². The van der Waals surface area contributed by atoms with E-state index in [1.54, 1.807) is 39.0 Å². The van der Waals surface area contributed by atoms with Crippen LogP contribution in [-0.2, 0) is 24.3 Å². The first-order chi connectivity index (χ1) is 13.3. The van der Waals surface area contributed by atoms with Crippen LogP contribution in [-0.4, -0.2) is 50.0 Å². The SMILES string of the molecule is CC(C)(C)OC(=O)NCC(=O)NCC(=O)Nc1ccc2nc(S(N)(=O)=O)sc2c1. The molecule has 13 heteroatoms. The Bertz CT molecular complexity index is 1040. The van der Waals surface area contributed by atoms with E-state index in [1.165, 1.54) is 0 Å². The Morgan fingerprint density at radius 1 is 1.14 bits per heavy atom. The maximum absolute atomic E-state index is 12.0. The van der Waals surface area contributed by atoms with Crippen molar-refractivity contribution in [2.45, 2.75) is 30.7 Å². The summed E-state index contributed by atoms with van der Waals surface area (Å²) in [7, 11) is -3.91. The third kappa shape index (κ3) is 7.29. The minimum atomic E-state index is -3.91. The van der Waals surface area contributed by atoms with Gasteiger partial charge in [-0.15, -0.1) is 11.3 Å². The van der Waals surface area contributed by atoms with Crippen molar-refractivity contribution in [1.82, 2.24) is 15.6 Å². The quantitative estimate of drug-likeness (QED) is 0.504. The average molecular weight is 444 g/mol. The minimum Gasteiger partial charge on any atom is -0.444 e. The summed E-state index contributed by atoms with van der Waals surface area (Å²) in [5, 5.41) is 12.3. The first-order valence-electron chi connectivity index (χ1n) is 8.30. The Labute approximate surface area is 171 Å².